The zero-order valence-corrected chi connectivity index (χ0v) is 24.0. The van der Waals surface area contributed by atoms with E-state index < -0.39 is 17.9 Å². The topological polar surface area (TPSA) is 117 Å². The van der Waals surface area contributed by atoms with Crippen LogP contribution in [0, 0.1) is 0 Å². The Hall–Kier alpha value is -5.13. The number of carbonyl (C=O) groups is 3. The molecule has 42 heavy (non-hydrogen) atoms. The predicted octanol–water partition coefficient (Wildman–Crippen LogP) is 6.05. The molecule has 0 spiro atoms. The van der Waals surface area contributed by atoms with Crippen molar-refractivity contribution in [3.63, 3.8) is 0 Å². The fraction of sp³-hybridized carbons (Fsp3) is 0.0645. The number of nitrogens with zero attached hydrogens (tertiary/aromatic N) is 3. The molecule has 0 aliphatic rings. The largest absolute Gasteiger partial charge is 0.334 e. The van der Waals surface area contributed by atoms with Gasteiger partial charge >= 0.3 is 0 Å². The number of fused-ring (bicyclic) bond motifs is 2. The van der Waals surface area contributed by atoms with Gasteiger partial charge in [0.1, 0.15) is 6.04 Å². The lowest BCUT2D eigenvalue weighted by Crippen LogP contribution is -2.39. The van der Waals surface area contributed by atoms with Crippen LogP contribution in [0.1, 0.15) is 38.7 Å². The Kier molecular flexibility index (Phi) is 7.34. The van der Waals surface area contributed by atoms with Crippen LogP contribution >= 0.6 is 22.7 Å². The molecule has 0 unspecified atom stereocenters. The molecule has 3 N–H and O–H groups in total. The van der Waals surface area contributed by atoms with Crippen LogP contribution in [0.3, 0.4) is 0 Å². The number of nitrogens with one attached hydrogen (secondary N) is 3. The van der Waals surface area contributed by atoms with E-state index in [1.165, 1.54) is 22.7 Å². The molecule has 11 heteroatoms. The monoisotopic (exact) mass is 592 g/mol. The van der Waals surface area contributed by atoms with E-state index in [4.69, 9.17) is 0 Å². The lowest BCUT2D eigenvalue weighted by molar-refractivity contribution is -0.122. The molecule has 3 aromatic heterocycles. The smallest absolute Gasteiger partial charge is 0.281 e. The summed E-state index contributed by atoms with van der Waals surface area (Å²) in [6, 6.07) is 20.6. The number of benzene rings is 3. The van der Waals surface area contributed by atoms with Crippen LogP contribution in [0.5, 0.6) is 0 Å². The second kappa shape index (κ2) is 11.4. The highest BCUT2D eigenvalue weighted by molar-refractivity contribution is 7.20. The summed E-state index contributed by atoms with van der Waals surface area (Å²) in [6.45, 7) is 5.39. The van der Waals surface area contributed by atoms with Crippen LogP contribution in [0.2, 0.25) is 0 Å². The van der Waals surface area contributed by atoms with Gasteiger partial charge in [-0.2, -0.15) is 0 Å². The maximum Gasteiger partial charge on any atom is 0.281 e. The maximum atomic E-state index is 13.3. The lowest BCUT2D eigenvalue weighted by atomic mass is 10.0. The number of hydrogen-bond donors (Lipinski definition) is 3. The summed E-state index contributed by atoms with van der Waals surface area (Å²) < 4.78 is 2.64. The molecular weight excluding hydrogens is 569 g/mol. The maximum absolute atomic E-state index is 13.3. The van der Waals surface area contributed by atoms with Crippen molar-refractivity contribution in [1.82, 2.24) is 25.0 Å². The van der Waals surface area contributed by atoms with E-state index in [9.17, 15) is 14.4 Å². The van der Waals surface area contributed by atoms with E-state index in [1.54, 1.807) is 55.5 Å². The number of carbonyl (C=O) groups excluding carboxylic acids is 3. The summed E-state index contributed by atoms with van der Waals surface area (Å²) >= 11 is 2.70. The van der Waals surface area contributed by atoms with E-state index in [2.05, 4.69) is 32.5 Å². The first-order chi connectivity index (χ1) is 20.4. The van der Waals surface area contributed by atoms with Gasteiger partial charge in [-0.3, -0.25) is 18.8 Å². The van der Waals surface area contributed by atoms with Crippen LogP contribution in [0.15, 0.2) is 103 Å². The van der Waals surface area contributed by atoms with Gasteiger partial charge in [0.25, 0.3) is 17.7 Å². The summed E-state index contributed by atoms with van der Waals surface area (Å²) in [7, 11) is 0. The van der Waals surface area contributed by atoms with Gasteiger partial charge in [-0.15, -0.1) is 22.7 Å². The van der Waals surface area contributed by atoms with E-state index in [0.29, 0.717) is 38.4 Å². The summed E-state index contributed by atoms with van der Waals surface area (Å²) in [5, 5.41) is 10.6. The van der Waals surface area contributed by atoms with Crippen LogP contribution in [0.25, 0.3) is 26.4 Å². The average Bonchev–Trinajstić information content (AvgIpc) is 3.71. The van der Waals surface area contributed by atoms with Crippen LogP contribution in [-0.4, -0.2) is 32.1 Å². The summed E-state index contributed by atoms with van der Waals surface area (Å²) in [5.74, 6) is -1.16. The standard InChI is InChI=1S/C31H24N6O3S2/c1-18(2)32-28(39)26(19-8-4-3-5-9-19)36-29(40)30-34-23-13-12-20(16-25(23)42-30)33-27(38)22-11-7-6-10-21(22)24-17-37-14-15-41-31(37)35-24/h3-17,26H,1H2,2H3,(H,32,39)(H,33,38)(H,36,40)/t26-/m0/s1. The normalized spacial score (nSPS) is 11.7. The zero-order chi connectivity index (χ0) is 29.2. The number of hydrogen-bond acceptors (Lipinski definition) is 7. The van der Waals surface area contributed by atoms with Gasteiger partial charge in [0.15, 0.2) is 9.97 Å². The molecule has 9 nitrogen and oxygen atoms in total. The molecule has 3 amide bonds. The third kappa shape index (κ3) is 5.55. The molecule has 0 fully saturated rings. The Balaban J connectivity index is 1.22. The Morgan fingerprint density at radius 3 is 2.52 bits per heavy atom. The van der Waals surface area contributed by atoms with Crippen LogP contribution in [-0.2, 0) is 4.79 Å². The van der Waals surface area contributed by atoms with Gasteiger partial charge in [-0.05, 0) is 36.8 Å². The van der Waals surface area contributed by atoms with Gasteiger partial charge in [0.05, 0.1) is 15.9 Å². The van der Waals surface area contributed by atoms with Gasteiger partial charge in [0.2, 0.25) is 0 Å². The minimum absolute atomic E-state index is 0.197. The summed E-state index contributed by atoms with van der Waals surface area (Å²) in [4.78, 5) is 49.4. The van der Waals surface area contributed by atoms with E-state index in [1.807, 2.05) is 46.4 Å². The van der Waals surface area contributed by atoms with Gasteiger partial charge in [-0.25, -0.2) is 9.97 Å². The molecule has 3 aromatic carbocycles. The molecule has 208 valence electrons. The Morgan fingerprint density at radius 1 is 0.952 bits per heavy atom. The van der Waals surface area contributed by atoms with Gasteiger partial charge in [0, 0.05) is 40.3 Å². The van der Waals surface area contributed by atoms with E-state index in [-0.39, 0.29) is 10.9 Å². The predicted molar refractivity (Wildman–Crippen MR) is 166 cm³/mol. The van der Waals surface area contributed by atoms with Gasteiger partial charge < -0.3 is 16.0 Å². The van der Waals surface area contributed by atoms with Crippen molar-refractivity contribution >= 4 is 61.3 Å². The Labute approximate surface area is 248 Å². The van der Waals surface area contributed by atoms with Crippen molar-refractivity contribution in [3.8, 4) is 11.3 Å². The number of rotatable bonds is 8. The first-order valence-electron chi connectivity index (χ1n) is 12.9. The zero-order valence-electron chi connectivity index (χ0n) is 22.3. The quantitative estimate of drug-likeness (QED) is 0.199. The van der Waals surface area contributed by atoms with Crippen molar-refractivity contribution in [2.45, 2.75) is 13.0 Å². The number of aromatic nitrogens is 3. The molecule has 0 saturated heterocycles. The third-order valence-corrected chi connectivity index (χ3v) is 8.18. The molecule has 0 aliphatic heterocycles. The Morgan fingerprint density at radius 2 is 1.74 bits per heavy atom. The van der Waals surface area contributed by atoms with Crippen LogP contribution < -0.4 is 16.0 Å². The van der Waals surface area contributed by atoms with Crippen LogP contribution in [0.4, 0.5) is 5.69 Å². The molecule has 6 rings (SSSR count). The van der Waals surface area contributed by atoms with Crippen molar-refractivity contribution in [2.24, 2.45) is 0 Å². The molecule has 0 aliphatic carbocycles. The minimum atomic E-state index is -0.927. The van der Waals surface area contributed by atoms with E-state index in [0.717, 1.165) is 10.5 Å². The molecule has 1 atom stereocenters. The molecule has 0 saturated carbocycles. The fourth-order valence-corrected chi connectivity index (χ4v) is 6.09. The first kappa shape index (κ1) is 27.1. The highest BCUT2D eigenvalue weighted by atomic mass is 32.1. The SMILES string of the molecule is C=C(C)NC(=O)[C@@H](NC(=O)c1nc2ccc(NC(=O)c3ccccc3-c3cn4ccsc4n3)cc2s1)c1ccccc1. The Bertz CT molecular complexity index is 1950. The highest BCUT2D eigenvalue weighted by Gasteiger charge is 2.25. The average molecular weight is 593 g/mol. The number of amides is 3. The lowest BCUT2D eigenvalue weighted by Gasteiger charge is -2.18. The molecule has 0 bridgehead atoms. The highest BCUT2D eigenvalue weighted by Crippen LogP contribution is 2.29. The molecule has 6 aromatic rings. The van der Waals surface area contributed by atoms with Gasteiger partial charge in [-0.1, -0.05) is 55.1 Å². The van der Waals surface area contributed by atoms with E-state index >= 15 is 0 Å². The minimum Gasteiger partial charge on any atom is -0.334 e. The molecular formula is C31H24N6O3S2. The van der Waals surface area contributed by atoms with Crippen molar-refractivity contribution < 1.29 is 14.4 Å². The second-order valence-corrected chi connectivity index (χ2v) is 11.4. The number of imidazole rings is 1. The van der Waals surface area contributed by atoms with Crippen molar-refractivity contribution in [3.05, 3.63) is 119 Å². The van der Waals surface area contributed by atoms with Crippen molar-refractivity contribution in [1.29, 1.82) is 0 Å². The fourth-order valence-electron chi connectivity index (χ4n) is 4.48. The van der Waals surface area contributed by atoms with Crippen molar-refractivity contribution in [2.75, 3.05) is 5.32 Å². The summed E-state index contributed by atoms with van der Waals surface area (Å²) in [5.41, 5.74) is 4.20. The molecule has 0 radical (unpaired) electrons. The number of thiazole rings is 2. The third-order valence-electron chi connectivity index (χ3n) is 6.39. The number of allylic oxidation sites excluding steroid dienone is 1. The summed E-state index contributed by atoms with van der Waals surface area (Å²) in [6.07, 6.45) is 3.83. The second-order valence-electron chi connectivity index (χ2n) is 9.51. The molecule has 3 heterocycles. The first-order valence-corrected chi connectivity index (χ1v) is 14.6. The number of anilines is 1.